The van der Waals surface area contributed by atoms with Gasteiger partial charge < -0.3 is 10.1 Å². The molecule has 1 radical (unpaired) electrons. The minimum Gasteiger partial charge on any atom is -0.477 e. The zero-order valence-electron chi connectivity index (χ0n) is 18.7. The summed E-state index contributed by atoms with van der Waals surface area (Å²) in [5.41, 5.74) is 6.20. The molecule has 0 bridgehead atoms. The van der Waals surface area contributed by atoms with E-state index in [4.69, 9.17) is 5.11 Å². The van der Waals surface area contributed by atoms with Gasteiger partial charge in [0, 0.05) is 43.9 Å². The summed E-state index contributed by atoms with van der Waals surface area (Å²) in [5, 5.41) is 10.8. The summed E-state index contributed by atoms with van der Waals surface area (Å²) in [6.45, 7) is 3.94. The van der Waals surface area contributed by atoms with E-state index >= 15 is 0 Å². The molecule has 0 saturated carbocycles. The molecule has 3 aromatic carbocycles. The van der Waals surface area contributed by atoms with E-state index in [0.29, 0.717) is 0 Å². The molecule has 0 aliphatic heterocycles. The third-order valence-corrected chi connectivity index (χ3v) is 5.12. The van der Waals surface area contributed by atoms with Crippen LogP contribution in [0.3, 0.4) is 0 Å². The number of benzene rings is 3. The maximum Gasteiger partial charge on any atom is 0.354 e. The van der Waals surface area contributed by atoms with Gasteiger partial charge in [-0.1, -0.05) is 59.7 Å². The third kappa shape index (κ3) is 5.79. The Bertz CT molecular complexity index is 1400. The molecule has 0 amide bonds. The Morgan fingerprint density at radius 1 is 0.882 bits per heavy atom. The second-order valence-corrected chi connectivity index (χ2v) is 7.48. The second-order valence-electron chi connectivity index (χ2n) is 7.48. The third-order valence-electron chi connectivity index (χ3n) is 5.12. The number of aromatic carboxylic acids is 1. The van der Waals surface area contributed by atoms with Crippen molar-refractivity contribution in [2.45, 2.75) is 13.8 Å². The fourth-order valence-corrected chi connectivity index (χ4v) is 3.57. The van der Waals surface area contributed by atoms with E-state index < -0.39 is 5.97 Å². The summed E-state index contributed by atoms with van der Waals surface area (Å²) in [4.78, 5) is 22.7. The van der Waals surface area contributed by atoms with Crippen LogP contribution in [0.5, 0.6) is 0 Å². The number of rotatable bonds is 3. The van der Waals surface area contributed by atoms with Crippen LogP contribution in [0, 0.1) is 19.9 Å². The predicted octanol–water partition coefficient (Wildman–Crippen LogP) is 6.16. The van der Waals surface area contributed by atoms with Crippen LogP contribution in [0.2, 0.25) is 0 Å². The van der Waals surface area contributed by atoms with Crippen LogP contribution < -0.4 is 0 Å². The van der Waals surface area contributed by atoms with E-state index in [2.05, 4.69) is 75.6 Å². The Labute approximate surface area is 211 Å². The fourth-order valence-electron chi connectivity index (χ4n) is 3.57. The normalized spacial score (nSPS) is 10.1. The zero-order chi connectivity index (χ0) is 23.2. The summed E-state index contributed by atoms with van der Waals surface area (Å²) in [7, 11) is 0. The number of carboxylic acids is 1. The number of aromatic nitrogens is 3. The maximum absolute atomic E-state index is 10.1. The van der Waals surface area contributed by atoms with Crippen LogP contribution in [0.1, 0.15) is 21.9 Å². The molecule has 34 heavy (non-hydrogen) atoms. The molecular formula is C28H22IrN3O2-. The van der Waals surface area contributed by atoms with Crippen LogP contribution in [-0.4, -0.2) is 26.0 Å². The molecule has 1 N–H and O–H groups in total. The molecule has 0 unspecified atom stereocenters. The Balaban J connectivity index is 0.000000275. The first-order chi connectivity index (χ1) is 16.0. The Kier molecular flexibility index (Phi) is 8.36. The molecule has 2 aromatic heterocycles. The number of carboxylic acid groups (broad SMARTS) is 1. The van der Waals surface area contributed by atoms with Crippen molar-refractivity contribution in [3.8, 4) is 22.4 Å². The molecule has 0 aliphatic rings. The van der Waals surface area contributed by atoms with Crippen molar-refractivity contribution >= 4 is 16.7 Å². The molecule has 5 nitrogen and oxygen atoms in total. The van der Waals surface area contributed by atoms with Crippen molar-refractivity contribution in [3.63, 3.8) is 0 Å². The number of hydrogen-bond donors (Lipinski definition) is 1. The molecule has 0 aliphatic carbocycles. The van der Waals surface area contributed by atoms with Crippen molar-refractivity contribution in [1.29, 1.82) is 0 Å². The average molecular weight is 625 g/mol. The Hall–Kier alpha value is -3.73. The van der Waals surface area contributed by atoms with Gasteiger partial charge in [0.2, 0.25) is 0 Å². The summed E-state index contributed by atoms with van der Waals surface area (Å²) < 4.78 is 0. The SMILES string of the molecule is Cc1cnc(-c2[c-]cc(-c3cccc4ccccc34)cc2)c(C)n1.O=C(O)c1ccccn1.[Ir]. The van der Waals surface area contributed by atoms with Gasteiger partial charge in [0.1, 0.15) is 5.69 Å². The van der Waals surface area contributed by atoms with E-state index in [0.717, 1.165) is 28.2 Å². The largest absolute Gasteiger partial charge is 0.477 e. The van der Waals surface area contributed by atoms with Gasteiger partial charge in [0.15, 0.2) is 0 Å². The molecule has 0 saturated heterocycles. The van der Waals surface area contributed by atoms with Crippen LogP contribution >= 0.6 is 0 Å². The molecule has 171 valence electrons. The van der Waals surface area contributed by atoms with Gasteiger partial charge in [-0.3, -0.25) is 4.98 Å². The minimum atomic E-state index is -0.990. The average Bonchev–Trinajstić information content (AvgIpc) is 2.85. The molecule has 6 heteroatoms. The summed E-state index contributed by atoms with van der Waals surface area (Å²) >= 11 is 0. The molecular weight excluding hydrogens is 603 g/mol. The van der Waals surface area contributed by atoms with Gasteiger partial charge >= 0.3 is 5.97 Å². The van der Waals surface area contributed by atoms with E-state index in [9.17, 15) is 4.79 Å². The molecule has 0 atom stereocenters. The first-order valence-electron chi connectivity index (χ1n) is 10.5. The zero-order valence-corrected chi connectivity index (χ0v) is 21.1. The van der Waals surface area contributed by atoms with E-state index in [1.165, 1.54) is 28.6 Å². The first-order valence-corrected chi connectivity index (χ1v) is 10.5. The summed E-state index contributed by atoms with van der Waals surface area (Å²) in [6, 6.07) is 29.2. The van der Waals surface area contributed by atoms with Crippen LogP contribution in [0.4, 0.5) is 0 Å². The standard InChI is InChI=1S/C22H17N2.C6H5NO2.Ir/c1-15-14-23-22(16(2)24-15)19-12-10-18(11-13-19)21-9-5-7-17-6-3-4-8-20(17)21;8-6(9)5-3-1-2-4-7-5;/h3-12,14H,1-2H3;1-4H,(H,8,9);/q-1;;. The van der Waals surface area contributed by atoms with Crippen LogP contribution in [-0.2, 0) is 20.1 Å². The van der Waals surface area contributed by atoms with Crippen LogP contribution in [0.15, 0.2) is 91.3 Å². The number of hydrogen-bond acceptors (Lipinski definition) is 4. The maximum atomic E-state index is 10.1. The number of carbonyl (C=O) groups is 1. The van der Waals surface area contributed by atoms with E-state index in [1.807, 2.05) is 19.9 Å². The van der Waals surface area contributed by atoms with Crippen molar-refractivity contribution < 1.29 is 30.0 Å². The van der Waals surface area contributed by atoms with Gasteiger partial charge in [-0.15, -0.1) is 29.8 Å². The molecule has 2 heterocycles. The number of fused-ring (bicyclic) bond motifs is 1. The van der Waals surface area contributed by atoms with Crippen molar-refractivity contribution in [2.24, 2.45) is 0 Å². The molecule has 0 spiro atoms. The Morgan fingerprint density at radius 3 is 2.29 bits per heavy atom. The van der Waals surface area contributed by atoms with Crippen molar-refractivity contribution in [1.82, 2.24) is 15.0 Å². The van der Waals surface area contributed by atoms with E-state index in [1.54, 1.807) is 18.3 Å². The second kappa shape index (κ2) is 11.4. The number of pyridine rings is 1. The van der Waals surface area contributed by atoms with Crippen molar-refractivity contribution in [2.75, 3.05) is 0 Å². The quantitative estimate of drug-likeness (QED) is 0.244. The molecule has 5 rings (SSSR count). The predicted molar refractivity (Wildman–Crippen MR) is 130 cm³/mol. The molecule has 0 fully saturated rings. The van der Waals surface area contributed by atoms with Gasteiger partial charge in [0.05, 0.1) is 5.69 Å². The molecule has 5 aromatic rings. The topological polar surface area (TPSA) is 76.0 Å². The van der Waals surface area contributed by atoms with Gasteiger partial charge in [-0.05, 0) is 36.8 Å². The van der Waals surface area contributed by atoms with E-state index in [-0.39, 0.29) is 25.8 Å². The fraction of sp³-hybridized carbons (Fsp3) is 0.0714. The number of nitrogens with zero attached hydrogens (tertiary/aromatic N) is 3. The monoisotopic (exact) mass is 625 g/mol. The van der Waals surface area contributed by atoms with Crippen LogP contribution in [0.25, 0.3) is 33.2 Å². The Morgan fingerprint density at radius 2 is 1.65 bits per heavy atom. The van der Waals surface area contributed by atoms with Crippen molar-refractivity contribution in [3.05, 3.63) is 114 Å². The van der Waals surface area contributed by atoms with Gasteiger partial charge in [-0.2, -0.15) is 0 Å². The first kappa shape index (κ1) is 24.9. The smallest absolute Gasteiger partial charge is 0.354 e. The summed E-state index contributed by atoms with van der Waals surface area (Å²) in [5.74, 6) is -0.990. The number of aryl methyl sites for hydroxylation is 2. The van der Waals surface area contributed by atoms with Gasteiger partial charge in [-0.25, -0.2) is 9.78 Å². The summed E-state index contributed by atoms with van der Waals surface area (Å²) in [6.07, 6.45) is 3.25. The van der Waals surface area contributed by atoms with Gasteiger partial charge in [0.25, 0.3) is 0 Å². The minimum absolute atomic E-state index is 0.